The number of hydrogen-bond acceptors (Lipinski definition) is 5. The summed E-state index contributed by atoms with van der Waals surface area (Å²) in [4.78, 5) is 11.1. The van der Waals surface area contributed by atoms with Crippen molar-refractivity contribution in [3.05, 3.63) is 23.8 Å². The van der Waals surface area contributed by atoms with Crippen LogP contribution in [-0.2, 0) is 16.1 Å². The minimum atomic E-state index is -0.735. The molecular formula is C11H14O5. The van der Waals surface area contributed by atoms with E-state index in [2.05, 4.69) is 0 Å². The number of ether oxygens (including phenoxy) is 1. The summed E-state index contributed by atoms with van der Waals surface area (Å²) in [5.41, 5.74) is 0.564. The van der Waals surface area contributed by atoms with E-state index in [1.54, 1.807) is 0 Å². The average molecular weight is 226 g/mol. The highest BCUT2D eigenvalue weighted by Crippen LogP contribution is 2.25. The van der Waals surface area contributed by atoms with Crippen molar-refractivity contribution in [2.24, 2.45) is 0 Å². The topological polar surface area (TPSA) is 87.0 Å². The maximum atomic E-state index is 11.1. The highest BCUT2D eigenvalue weighted by molar-refractivity contribution is 5.69. The van der Waals surface area contributed by atoms with Gasteiger partial charge in [0.1, 0.15) is 6.61 Å². The van der Waals surface area contributed by atoms with E-state index in [1.165, 1.54) is 25.1 Å². The zero-order valence-corrected chi connectivity index (χ0v) is 8.88. The van der Waals surface area contributed by atoms with Crippen LogP contribution in [0.5, 0.6) is 11.5 Å². The molecule has 0 aromatic heterocycles. The molecule has 0 fully saturated rings. The van der Waals surface area contributed by atoms with E-state index in [0.29, 0.717) is 5.56 Å². The monoisotopic (exact) mass is 226 g/mol. The first-order valence-corrected chi connectivity index (χ1v) is 4.83. The third-order valence-corrected chi connectivity index (χ3v) is 1.90. The Kier molecular flexibility index (Phi) is 4.13. The molecule has 5 heteroatoms. The van der Waals surface area contributed by atoms with Gasteiger partial charge in [0.25, 0.3) is 0 Å². The first-order chi connectivity index (χ1) is 7.49. The molecule has 1 aromatic rings. The van der Waals surface area contributed by atoms with Gasteiger partial charge in [-0.1, -0.05) is 6.07 Å². The number of aromatic hydroxyl groups is 2. The van der Waals surface area contributed by atoms with E-state index in [9.17, 15) is 9.90 Å². The number of carbonyl (C=O) groups is 1. The summed E-state index contributed by atoms with van der Waals surface area (Å²) in [6.45, 7) is 1.49. The summed E-state index contributed by atoms with van der Waals surface area (Å²) in [5.74, 6) is -0.995. The van der Waals surface area contributed by atoms with Gasteiger partial charge in [0, 0.05) is 0 Å². The van der Waals surface area contributed by atoms with Gasteiger partial charge in [-0.05, 0) is 24.6 Å². The molecule has 0 aliphatic carbocycles. The van der Waals surface area contributed by atoms with Crippen LogP contribution in [0.15, 0.2) is 18.2 Å². The van der Waals surface area contributed by atoms with Crippen LogP contribution in [0.25, 0.3) is 0 Å². The molecule has 0 aliphatic heterocycles. The van der Waals surface area contributed by atoms with Crippen LogP contribution >= 0.6 is 0 Å². The van der Waals surface area contributed by atoms with Gasteiger partial charge in [0.2, 0.25) is 0 Å². The van der Waals surface area contributed by atoms with E-state index in [1.807, 2.05) is 0 Å². The smallest absolute Gasteiger partial charge is 0.308 e. The van der Waals surface area contributed by atoms with Crippen LogP contribution in [0.3, 0.4) is 0 Å². The van der Waals surface area contributed by atoms with Gasteiger partial charge in [-0.2, -0.15) is 0 Å². The summed E-state index contributed by atoms with van der Waals surface area (Å²) >= 11 is 0. The zero-order chi connectivity index (χ0) is 12.1. The lowest BCUT2D eigenvalue weighted by Crippen LogP contribution is -2.12. The molecule has 16 heavy (non-hydrogen) atoms. The van der Waals surface area contributed by atoms with Crippen LogP contribution in [0.2, 0.25) is 0 Å². The molecule has 1 unspecified atom stereocenters. The van der Waals surface area contributed by atoms with Gasteiger partial charge in [-0.3, -0.25) is 4.79 Å². The molecule has 5 nitrogen and oxygen atoms in total. The van der Waals surface area contributed by atoms with E-state index in [4.69, 9.17) is 14.9 Å². The molecule has 0 amide bonds. The first kappa shape index (κ1) is 12.3. The van der Waals surface area contributed by atoms with Crippen molar-refractivity contribution in [1.82, 2.24) is 0 Å². The number of carbonyl (C=O) groups excluding carboxylic acids is 1. The number of phenols is 2. The number of aliphatic hydroxyl groups excluding tert-OH is 1. The van der Waals surface area contributed by atoms with Crippen LogP contribution < -0.4 is 0 Å². The van der Waals surface area contributed by atoms with Gasteiger partial charge in [-0.15, -0.1) is 0 Å². The number of hydrogen-bond donors (Lipinski definition) is 3. The van der Waals surface area contributed by atoms with Gasteiger partial charge in [-0.25, -0.2) is 0 Å². The molecule has 88 valence electrons. The molecule has 0 heterocycles. The second kappa shape index (κ2) is 5.37. The Hall–Kier alpha value is -1.75. The molecule has 0 saturated heterocycles. The Morgan fingerprint density at radius 1 is 1.38 bits per heavy atom. The molecule has 1 aromatic carbocycles. The Labute approximate surface area is 92.9 Å². The van der Waals surface area contributed by atoms with Crippen molar-refractivity contribution in [2.45, 2.75) is 26.1 Å². The standard InChI is InChI=1S/C11H14O5/c1-7(12)4-11(15)16-6-8-2-3-9(13)10(14)5-8/h2-3,5,7,12-14H,4,6H2,1H3. The lowest BCUT2D eigenvalue weighted by molar-refractivity contribution is -0.146. The van der Waals surface area contributed by atoms with Gasteiger partial charge in [0.05, 0.1) is 12.5 Å². The number of benzene rings is 1. The SMILES string of the molecule is CC(O)CC(=O)OCc1ccc(O)c(O)c1. The van der Waals surface area contributed by atoms with Gasteiger partial charge in [0.15, 0.2) is 11.5 Å². The summed E-state index contributed by atoms with van der Waals surface area (Å²) in [5, 5.41) is 27.2. The zero-order valence-electron chi connectivity index (χ0n) is 8.88. The van der Waals surface area contributed by atoms with Crippen molar-refractivity contribution in [3.8, 4) is 11.5 Å². The fourth-order valence-electron chi connectivity index (χ4n) is 1.12. The average Bonchev–Trinajstić information content (AvgIpc) is 2.19. The number of aliphatic hydroxyl groups is 1. The molecule has 0 bridgehead atoms. The molecule has 1 atom stereocenters. The molecule has 0 saturated carbocycles. The molecular weight excluding hydrogens is 212 g/mol. The summed E-state index contributed by atoms with van der Waals surface area (Å²) in [6, 6.07) is 4.16. The van der Waals surface area contributed by atoms with Crippen LogP contribution in [-0.4, -0.2) is 27.4 Å². The second-order valence-electron chi connectivity index (χ2n) is 3.54. The summed E-state index contributed by atoms with van der Waals surface area (Å²) < 4.78 is 4.84. The minimum absolute atomic E-state index is 0.000602. The van der Waals surface area contributed by atoms with Crippen molar-refractivity contribution in [2.75, 3.05) is 0 Å². The van der Waals surface area contributed by atoms with Crippen LogP contribution in [0.4, 0.5) is 0 Å². The molecule has 0 spiro atoms. The van der Waals surface area contributed by atoms with Crippen LogP contribution in [0, 0.1) is 0 Å². The van der Waals surface area contributed by atoms with Gasteiger partial charge < -0.3 is 20.1 Å². The Morgan fingerprint density at radius 3 is 2.62 bits per heavy atom. The van der Waals surface area contributed by atoms with E-state index >= 15 is 0 Å². The highest BCUT2D eigenvalue weighted by Gasteiger charge is 2.08. The summed E-state index contributed by atoms with van der Waals surface area (Å²) in [7, 11) is 0. The minimum Gasteiger partial charge on any atom is -0.504 e. The predicted molar refractivity (Wildman–Crippen MR) is 55.9 cm³/mol. The van der Waals surface area contributed by atoms with Crippen molar-refractivity contribution in [1.29, 1.82) is 0 Å². The van der Waals surface area contributed by atoms with Crippen LogP contribution in [0.1, 0.15) is 18.9 Å². The number of phenolic OH excluding ortho intramolecular Hbond substituents is 2. The quantitative estimate of drug-likeness (QED) is 0.524. The van der Waals surface area contributed by atoms with Crippen molar-refractivity contribution >= 4 is 5.97 Å². The van der Waals surface area contributed by atoms with E-state index in [-0.39, 0.29) is 24.5 Å². The molecule has 0 aliphatic rings. The third kappa shape index (κ3) is 3.78. The predicted octanol–water partition coefficient (Wildman–Crippen LogP) is 0.912. The molecule has 1 rings (SSSR count). The Bertz CT molecular complexity index is 373. The fraction of sp³-hybridized carbons (Fsp3) is 0.364. The third-order valence-electron chi connectivity index (χ3n) is 1.90. The lowest BCUT2D eigenvalue weighted by atomic mass is 10.2. The molecule has 0 radical (unpaired) electrons. The van der Waals surface area contributed by atoms with Gasteiger partial charge >= 0.3 is 5.97 Å². The largest absolute Gasteiger partial charge is 0.504 e. The van der Waals surface area contributed by atoms with E-state index in [0.717, 1.165) is 0 Å². The number of esters is 1. The van der Waals surface area contributed by atoms with Crippen molar-refractivity contribution < 1.29 is 24.9 Å². The van der Waals surface area contributed by atoms with E-state index < -0.39 is 12.1 Å². The fourth-order valence-corrected chi connectivity index (χ4v) is 1.12. The normalized spacial score (nSPS) is 12.1. The number of rotatable bonds is 4. The lowest BCUT2D eigenvalue weighted by Gasteiger charge is -2.07. The van der Waals surface area contributed by atoms with Crippen molar-refractivity contribution in [3.63, 3.8) is 0 Å². The summed E-state index contributed by atoms with van der Waals surface area (Å²) in [6.07, 6.45) is -0.801. The maximum Gasteiger partial charge on any atom is 0.308 e. The Morgan fingerprint density at radius 2 is 2.06 bits per heavy atom. The first-order valence-electron chi connectivity index (χ1n) is 4.83. The second-order valence-corrected chi connectivity index (χ2v) is 3.54. The molecule has 3 N–H and O–H groups in total. The highest BCUT2D eigenvalue weighted by atomic mass is 16.5. The Balaban J connectivity index is 2.48. The maximum absolute atomic E-state index is 11.1.